The molecule has 0 saturated heterocycles. The summed E-state index contributed by atoms with van der Waals surface area (Å²) in [5.41, 5.74) is 9.31. The Balaban J connectivity index is 2.21. The van der Waals surface area contributed by atoms with Gasteiger partial charge in [-0.3, -0.25) is 4.79 Å². The van der Waals surface area contributed by atoms with E-state index in [-0.39, 0.29) is 17.0 Å². The van der Waals surface area contributed by atoms with Gasteiger partial charge in [-0.1, -0.05) is 38.1 Å². The minimum atomic E-state index is -0.558. The fourth-order valence-electron chi connectivity index (χ4n) is 3.55. The highest BCUT2D eigenvalue weighted by Gasteiger charge is 2.34. The Labute approximate surface area is 164 Å². The van der Waals surface area contributed by atoms with Gasteiger partial charge in [0.1, 0.15) is 17.4 Å². The van der Waals surface area contributed by atoms with Gasteiger partial charge in [-0.25, -0.2) is 0 Å². The van der Waals surface area contributed by atoms with Gasteiger partial charge in [0.2, 0.25) is 5.88 Å². The summed E-state index contributed by atoms with van der Waals surface area (Å²) in [7, 11) is 1.60. The summed E-state index contributed by atoms with van der Waals surface area (Å²) in [6.07, 6.45) is 0. The van der Waals surface area contributed by atoms with Gasteiger partial charge in [-0.2, -0.15) is 5.26 Å². The van der Waals surface area contributed by atoms with Crippen molar-refractivity contribution in [2.45, 2.75) is 39.2 Å². The molecule has 0 spiro atoms. The number of methoxy groups -OCH3 is 1. The first-order valence-corrected chi connectivity index (χ1v) is 9.29. The van der Waals surface area contributed by atoms with Crippen LogP contribution >= 0.6 is 0 Å². The molecule has 3 rings (SSSR count). The van der Waals surface area contributed by atoms with Gasteiger partial charge in [0, 0.05) is 25.4 Å². The number of nitriles is 1. The second-order valence-electron chi connectivity index (χ2n) is 7.26. The van der Waals surface area contributed by atoms with E-state index in [1.165, 1.54) is 5.56 Å². The van der Waals surface area contributed by atoms with Gasteiger partial charge < -0.3 is 19.8 Å². The van der Waals surface area contributed by atoms with E-state index in [4.69, 9.17) is 15.2 Å². The zero-order valence-electron chi connectivity index (χ0n) is 16.7. The van der Waals surface area contributed by atoms with E-state index in [9.17, 15) is 10.1 Å². The van der Waals surface area contributed by atoms with E-state index >= 15 is 0 Å². The first kappa shape index (κ1) is 19.7. The second-order valence-corrected chi connectivity index (χ2v) is 7.26. The predicted molar refractivity (Wildman–Crippen MR) is 107 cm³/mol. The third-order valence-corrected chi connectivity index (χ3v) is 5.15. The highest BCUT2D eigenvalue weighted by atomic mass is 16.5. The van der Waals surface area contributed by atoms with E-state index in [2.05, 4.69) is 19.9 Å². The molecule has 28 heavy (non-hydrogen) atoms. The van der Waals surface area contributed by atoms with Crippen LogP contribution in [0.25, 0.3) is 0 Å². The molecule has 1 aliphatic rings. The van der Waals surface area contributed by atoms with E-state index < -0.39 is 5.92 Å². The van der Waals surface area contributed by atoms with Crippen LogP contribution in [-0.4, -0.2) is 18.3 Å². The molecule has 2 heterocycles. The molecular weight excluding hydrogens is 354 g/mol. The van der Waals surface area contributed by atoms with Gasteiger partial charge in [0.05, 0.1) is 18.1 Å². The lowest BCUT2D eigenvalue weighted by Crippen LogP contribution is -2.33. The number of benzene rings is 1. The van der Waals surface area contributed by atoms with E-state index in [1.807, 2.05) is 31.2 Å². The quantitative estimate of drug-likeness (QED) is 0.862. The van der Waals surface area contributed by atoms with Crippen molar-refractivity contribution in [3.8, 4) is 11.8 Å². The summed E-state index contributed by atoms with van der Waals surface area (Å²) in [6, 6.07) is 11.9. The van der Waals surface area contributed by atoms with Crippen molar-refractivity contribution in [3.05, 3.63) is 74.5 Å². The van der Waals surface area contributed by atoms with Crippen molar-refractivity contribution in [1.82, 2.24) is 4.57 Å². The van der Waals surface area contributed by atoms with Crippen LogP contribution in [0, 0.1) is 18.3 Å². The van der Waals surface area contributed by atoms with Crippen molar-refractivity contribution in [3.63, 3.8) is 0 Å². The number of hydrogen-bond acceptors (Lipinski definition) is 5. The lowest BCUT2D eigenvalue weighted by molar-refractivity contribution is 0.185. The number of hydrogen-bond donors (Lipinski definition) is 1. The minimum Gasteiger partial charge on any atom is -0.440 e. The largest absolute Gasteiger partial charge is 0.440 e. The lowest BCUT2D eigenvalue weighted by Gasteiger charge is -2.27. The van der Waals surface area contributed by atoms with Crippen LogP contribution in [0.1, 0.15) is 48.1 Å². The fraction of sp³-hybridized carbons (Fsp3) is 0.364. The van der Waals surface area contributed by atoms with Gasteiger partial charge in [-0.15, -0.1) is 0 Å². The van der Waals surface area contributed by atoms with Crippen LogP contribution in [0.4, 0.5) is 0 Å². The molecule has 0 saturated carbocycles. The Morgan fingerprint density at radius 2 is 2.00 bits per heavy atom. The molecule has 6 nitrogen and oxygen atoms in total. The summed E-state index contributed by atoms with van der Waals surface area (Å²) in [6.45, 7) is 6.92. The van der Waals surface area contributed by atoms with Crippen molar-refractivity contribution in [1.29, 1.82) is 5.26 Å². The summed E-state index contributed by atoms with van der Waals surface area (Å²) in [4.78, 5) is 13.3. The van der Waals surface area contributed by atoms with Crippen LogP contribution < -0.4 is 16.0 Å². The highest BCUT2D eigenvalue weighted by molar-refractivity contribution is 5.55. The number of aromatic nitrogens is 1. The van der Waals surface area contributed by atoms with Crippen LogP contribution in [-0.2, 0) is 11.3 Å². The number of nitrogens with two attached hydrogens (primary N) is 1. The van der Waals surface area contributed by atoms with Crippen LogP contribution in [0.5, 0.6) is 5.75 Å². The van der Waals surface area contributed by atoms with E-state index in [0.717, 1.165) is 11.3 Å². The summed E-state index contributed by atoms with van der Waals surface area (Å²) in [5, 5.41) is 9.72. The zero-order chi connectivity index (χ0) is 20.4. The van der Waals surface area contributed by atoms with Gasteiger partial charge >= 0.3 is 0 Å². The van der Waals surface area contributed by atoms with Crippen molar-refractivity contribution in [2.24, 2.45) is 5.73 Å². The number of ether oxygens (including phenoxy) is 2. The standard InChI is InChI=1S/C22H25N3O3/c1-13(2)15-5-7-16(8-6-15)19-17(12-23)21(24)28-18-11-14(3)25(9-10-27-4)22(26)20(18)19/h5-8,11,13,19H,9-10,24H2,1-4H3. The highest BCUT2D eigenvalue weighted by Crippen LogP contribution is 2.40. The van der Waals surface area contributed by atoms with Crippen LogP contribution in [0.15, 0.2) is 46.6 Å². The molecule has 0 aliphatic carbocycles. The van der Waals surface area contributed by atoms with Crippen molar-refractivity contribution in [2.75, 3.05) is 13.7 Å². The Morgan fingerprint density at radius 3 is 2.57 bits per heavy atom. The number of fused-ring (bicyclic) bond motifs is 1. The van der Waals surface area contributed by atoms with E-state index in [0.29, 0.717) is 30.4 Å². The Hall–Kier alpha value is -3.04. The zero-order valence-corrected chi connectivity index (χ0v) is 16.7. The molecule has 146 valence electrons. The summed E-state index contributed by atoms with van der Waals surface area (Å²) < 4.78 is 12.4. The molecule has 0 fully saturated rings. The smallest absolute Gasteiger partial charge is 0.258 e. The molecule has 0 radical (unpaired) electrons. The summed E-state index contributed by atoms with van der Waals surface area (Å²) in [5.74, 6) is 0.282. The predicted octanol–water partition coefficient (Wildman–Crippen LogP) is 3.14. The van der Waals surface area contributed by atoms with Crippen LogP contribution in [0.3, 0.4) is 0 Å². The van der Waals surface area contributed by atoms with Crippen molar-refractivity contribution >= 4 is 0 Å². The van der Waals surface area contributed by atoms with Crippen LogP contribution in [0.2, 0.25) is 0 Å². The molecule has 0 bridgehead atoms. The Bertz CT molecular complexity index is 1010. The lowest BCUT2D eigenvalue weighted by atomic mass is 9.83. The third kappa shape index (κ3) is 3.41. The van der Waals surface area contributed by atoms with Gasteiger partial charge in [0.15, 0.2) is 0 Å². The number of aryl methyl sites for hydroxylation is 1. The Morgan fingerprint density at radius 1 is 1.32 bits per heavy atom. The molecule has 1 atom stereocenters. The number of rotatable bonds is 5. The monoisotopic (exact) mass is 379 g/mol. The molecule has 1 aromatic carbocycles. The first-order valence-electron chi connectivity index (χ1n) is 9.29. The number of nitrogens with zero attached hydrogens (tertiary/aromatic N) is 2. The molecule has 2 aromatic rings. The van der Waals surface area contributed by atoms with Gasteiger partial charge in [-0.05, 0) is 24.0 Å². The normalized spacial score (nSPS) is 15.9. The molecule has 0 amide bonds. The molecule has 6 heteroatoms. The molecular formula is C22H25N3O3. The average molecular weight is 379 g/mol. The maximum Gasteiger partial charge on any atom is 0.258 e. The first-order chi connectivity index (χ1) is 13.4. The van der Waals surface area contributed by atoms with E-state index in [1.54, 1.807) is 17.7 Å². The summed E-state index contributed by atoms with van der Waals surface area (Å²) >= 11 is 0. The number of allylic oxidation sites excluding steroid dienone is 1. The Kier molecular flexibility index (Phi) is 5.57. The average Bonchev–Trinajstić information content (AvgIpc) is 2.67. The topological polar surface area (TPSA) is 90.3 Å². The molecule has 1 aliphatic heterocycles. The third-order valence-electron chi connectivity index (χ3n) is 5.15. The minimum absolute atomic E-state index is 0.0429. The SMILES string of the molecule is COCCn1c(C)cc2c(c1=O)C(c1ccc(C(C)C)cc1)C(C#N)=C(N)O2. The number of pyridine rings is 1. The van der Waals surface area contributed by atoms with Gasteiger partial charge in [0.25, 0.3) is 5.56 Å². The maximum absolute atomic E-state index is 13.3. The molecule has 1 unspecified atom stereocenters. The fourth-order valence-corrected chi connectivity index (χ4v) is 3.55. The molecule has 2 N–H and O–H groups in total. The maximum atomic E-state index is 13.3. The second kappa shape index (κ2) is 7.91. The van der Waals surface area contributed by atoms with Crippen molar-refractivity contribution < 1.29 is 9.47 Å². The molecule has 1 aromatic heterocycles.